The van der Waals surface area contributed by atoms with Gasteiger partial charge in [0.1, 0.15) is 0 Å². The second kappa shape index (κ2) is 4.24. The first-order chi connectivity index (χ1) is 7.09. The lowest BCUT2D eigenvalue weighted by Gasteiger charge is -2.24. The van der Waals surface area contributed by atoms with Crippen LogP contribution in [0, 0.1) is 12.3 Å². The summed E-state index contributed by atoms with van der Waals surface area (Å²) in [5, 5.41) is 0. The summed E-state index contributed by atoms with van der Waals surface area (Å²) < 4.78 is 0. The Balaban J connectivity index is 3.01. The maximum Gasteiger partial charge on any atom is -0.0129 e. The van der Waals surface area contributed by atoms with Crippen molar-refractivity contribution in [2.75, 3.05) is 0 Å². The molecular weight excluding hydrogens is 192 g/mol. The normalized spacial score (nSPS) is 12.9. The summed E-state index contributed by atoms with van der Waals surface area (Å²) in [6, 6.07) is 6.95. The zero-order valence-corrected chi connectivity index (χ0v) is 11.9. The Labute approximate surface area is 101 Å². The molecule has 0 bridgehead atoms. The van der Waals surface area contributed by atoms with Gasteiger partial charge in [-0.25, -0.2) is 0 Å². The molecule has 0 amide bonds. The van der Waals surface area contributed by atoms with Crippen LogP contribution in [0.1, 0.15) is 58.2 Å². The molecule has 0 heterocycles. The van der Waals surface area contributed by atoms with Crippen LogP contribution in [0.4, 0.5) is 0 Å². The van der Waals surface area contributed by atoms with Gasteiger partial charge in [-0.05, 0) is 40.9 Å². The molecule has 0 aliphatic rings. The smallest absolute Gasteiger partial charge is 0.0129 e. The molecule has 0 heteroatoms. The van der Waals surface area contributed by atoms with Crippen molar-refractivity contribution in [3.8, 4) is 0 Å². The fourth-order valence-corrected chi connectivity index (χ4v) is 2.29. The maximum absolute atomic E-state index is 2.35. The molecule has 0 aliphatic carbocycles. The lowest BCUT2D eigenvalue weighted by Crippen LogP contribution is -2.14. The SMILES string of the molecule is Cc1cc(CC(C)(C)C)ccc1C(C)(C)C. The van der Waals surface area contributed by atoms with Gasteiger partial charge in [0.15, 0.2) is 0 Å². The van der Waals surface area contributed by atoms with Crippen LogP contribution in [0.15, 0.2) is 18.2 Å². The van der Waals surface area contributed by atoms with Gasteiger partial charge in [-0.2, -0.15) is 0 Å². The lowest BCUT2D eigenvalue weighted by atomic mass is 9.81. The summed E-state index contributed by atoms with van der Waals surface area (Å²) >= 11 is 0. The molecule has 0 atom stereocenters. The molecule has 0 saturated carbocycles. The summed E-state index contributed by atoms with van der Waals surface area (Å²) in [6.45, 7) is 15.9. The molecule has 1 rings (SSSR count). The molecule has 0 radical (unpaired) electrons. The largest absolute Gasteiger partial charge is 0.0599 e. The third-order valence-electron chi connectivity index (χ3n) is 2.83. The van der Waals surface area contributed by atoms with E-state index in [0.29, 0.717) is 5.41 Å². The molecule has 0 spiro atoms. The van der Waals surface area contributed by atoms with E-state index in [9.17, 15) is 0 Å². The first-order valence-corrected chi connectivity index (χ1v) is 6.20. The Hall–Kier alpha value is -0.780. The molecule has 1 aromatic rings. The van der Waals surface area contributed by atoms with Gasteiger partial charge in [-0.15, -0.1) is 0 Å². The Morgan fingerprint density at radius 1 is 0.938 bits per heavy atom. The van der Waals surface area contributed by atoms with Gasteiger partial charge in [0.05, 0.1) is 0 Å². The highest BCUT2D eigenvalue weighted by Crippen LogP contribution is 2.28. The Kier molecular flexibility index (Phi) is 3.52. The highest BCUT2D eigenvalue weighted by molar-refractivity contribution is 5.35. The van der Waals surface area contributed by atoms with E-state index in [4.69, 9.17) is 0 Å². The average molecular weight is 218 g/mol. The van der Waals surface area contributed by atoms with Crippen molar-refractivity contribution in [1.29, 1.82) is 0 Å². The van der Waals surface area contributed by atoms with Crippen molar-refractivity contribution in [2.45, 2.75) is 60.3 Å². The summed E-state index contributed by atoms with van der Waals surface area (Å²) in [7, 11) is 0. The highest BCUT2D eigenvalue weighted by atomic mass is 14.2. The van der Waals surface area contributed by atoms with Crippen molar-refractivity contribution < 1.29 is 0 Å². The number of hydrogen-bond acceptors (Lipinski definition) is 0. The molecule has 16 heavy (non-hydrogen) atoms. The van der Waals surface area contributed by atoms with Crippen LogP contribution in [-0.2, 0) is 11.8 Å². The molecule has 0 aromatic heterocycles. The van der Waals surface area contributed by atoms with Crippen molar-refractivity contribution in [3.63, 3.8) is 0 Å². The molecule has 0 unspecified atom stereocenters. The fraction of sp³-hybridized carbons (Fsp3) is 0.625. The molecule has 0 fully saturated rings. The quantitative estimate of drug-likeness (QED) is 0.630. The van der Waals surface area contributed by atoms with E-state index >= 15 is 0 Å². The van der Waals surface area contributed by atoms with Gasteiger partial charge in [0, 0.05) is 0 Å². The van der Waals surface area contributed by atoms with Gasteiger partial charge in [0.2, 0.25) is 0 Å². The van der Waals surface area contributed by atoms with E-state index in [-0.39, 0.29) is 5.41 Å². The fourth-order valence-electron chi connectivity index (χ4n) is 2.29. The van der Waals surface area contributed by atoms with Crippen LogP contribution in [0.5, 0.6) is 0 Å². The first-order valence-electron chi connectivity index (χ1n) is 6.20. The monoisotopic (exact) mass is 218 g/mol. The summed E-state index contributed by atoms with van der Waals surface area (Å²) in [4.78, 5) is 0. The molecule has 0 N–H and O–H groups in total. The van der Waals surface area contributed by atoms with E-state index in [1.807, 2.05) is 0 Å². The summed E-state index contributed by atoms with van der Waals surface area (Å²) in [5.41, 5.74) is 4.97. The number of hydrogen-bond donors (Lipinski definition) is 0. The molecule has 0 saturated heterocycles. The minimum absolute atomic E-state index is 0.254. The van der Waals surface area contributed by atoms with Crippen LogP contribution in [0.3, 0.4) is 0 Å². The van der Waals surface area contributed by atoms with Gasteiger partial charge >= 0.3 is 0 Å². The molecule has 90 valence electrons. The maximum atomic E-state index is 2.35. The van der Waals surface area contributed by atoms with Crippen LogP contribution < -0.4 is 0 Å². The molecule has 0 aliphatic heterocycles. The zero-order chi connectivity index (χ0) is 12.6. The summed E-state index contributed by atoms with van der Waals surface area (Å²) in [6.07, 6.45) is 1.15. The second-order valence-electron chi connectivity index (χ2n) is 7.14. The predicted octanol–water partition coefficient (Wildman–Crippen LogP) is 4.88. The predicted molar refractivity (Wildman–Crippen MR) is 73.0 cm³/mol. The minimum atomic E-state index is 0.254. The number of rotatable bonds is 1. The Morgan fingerprint density at radius 3 is 1.88 bits per heavy atom. The van der Waals surface area contributed by atoms with Gasteiger partial charge < -0.3 is 0 Å². The lowest BCUT2D eigenvalue weighted by molar-refractivity contribution is 0.411. The summed E-state index contributed by atoms with van der Waals surface area (Å²) in [5.74, 6) is 0. The molecular formula is C16H26. The Morgan fingerprint density at radius 2 is 1.50 bits per heavy atom. The van der Waals surface area contributed by atoms with Crippen LogP contribution >= 0.6 is 0 Å². The van der Waals surface area contributed by atoms with Crippen LogP contribution in [0.25, 0.3) is 0 Å². The van der Waals surface area contributed by atoms with Crippen LogP contribution in [0.2, 0.25) is 0 Å². The van der Waals surface area contributed by atoms with Crippen molar-refractivity contribution in [3.05, 3.63) is 34.9 Å². The number of aryl methyl sites for hydroxylation is 1. The van der Waals surface area contributed by atoms with Gasteiger partial charge in [-0.3, -0.25) is 0 Å². The first kappa shape index (κ1) is 13.3. The van der Waals surface area contributed by atoms with E-state index in [2.05, 4.69) is 66.7 Å². The number of benzene rings is 1. The van der Waals surface area contributed by atoms with Crippen molar-refractivity contribution >= 4 is 0 Å². The van der Waals surface area contributed by atoms with Gasteiger partial charge in [0.25, 0.3) is 0 Å². The highest BCUT2D eigenvalue weighted by Gasteiger charge is 2.17. The third-order valence-corrected chi connectivity index (χ3v) is 2.83. The minimum Gasteiger partial charge on any atom is -0.0599 e. The van der Waals surface area contributed by atoms with E-state index < -0.39 is 0 Å². The molecule has 1 aromatic carbocycles. The van der Waals surface area contributed by atoms with Crippen molar-refractivity contribution in [1.82, 2.24) is 0 Å². The van der Waals surface area contributed by atoms with E-state index in [0.717, 1.165) is 6.42 Å². The van der Waals surface area contributed by atoms with E-state index in [1.165, 1.54) is 16.7 Å². The Bertz CT molecular complexity index is 359. The standard InChI is InChI=1S/C16H26/c1-12-10-13(11-15(2,3)4)8-9-14(12)16(5,6)7/h8-10H,11H2,1-7H3. The zero-order valence-electron chi connectivity index (χ0n) is 11.9. The third kappa shape index (κ3) is 3.66. The topological polar surface area (TPSA) is 0 Å². The van der Waals surface area contributed by atoms with Crippen molar-refractivity contribution in [2.24, 2.45) is 5.41 Å². The van der Waals surface area contributed by atoms with Gasteiger partial charge in [-0.1, -0.05) is 59.7 Å². The van der Waals surface area contributed by atoms with Crippen LogP contribution in [-0.4, -0.2) is 0 Å². The second-order valence-corrected chi connectivity index (χ2v) is 7.14. The average Bonchev–Trinajstić information content (AvgIpc) is 1.97. The van der Waals surface area contributed by atoms with E-state index in [1.54, 1.807) is 0 Å². The molecule has 0 nitrogen and oxygen atoms in total.